The SMILES string of the molecule is O=C1NC(=O)c2c1c1cnc3ccccc3c1c1[nH]c3ccccc3c21. The lowest BCUT2D eigenvalue weighted by atomic mass is 9.94. The quantitative estimate of drug-likeness (QED) is 0.332. The van der Waals surface area contributed by atoms with Crippen LogP contribution < -0.4 is 5.32 Å². The average molecular weight is 337 g/mol. The maximum absolute atomic E-state index is 12.6. The molecule has 2 aromatic heterocycles. The highest BCUT2D eigenvalue weighted by atomic mass is 16.2. The number of carbonyl (C=O) groups excluding carboxylic acids is 2. The third kappa shape index (κ3) is 1.48. The third-order valence-electron chi connectivity index (χ3n) is 5.18. The standard InChI is InChI=1S/C21H11N3O2/c25-20-17-12-9-22-13-7-3-1-5-10(13)15(12)19-16(18(17)21(26)24-20)11-6-2-4-8-14(11)23-19/h1-9,23H,(H,24,25,26). The molecule has 0 bridgehead atoms. The monoisotopic (exact) mass is 337 g/mol. The molecule has 5 heteroatoms. The molecule has 1 aliphatic heterocycles. The fourth-order valence-corrected chi connectivity index (χ4v) is 4.14. The Morgan fingerprint density at radius 2 is 1.46 bits per heavy atom. The van der Waals surface area contributed by atoms with Gasteiger partial charge in [-0.3, -0.25) is 19.9 Å². The number of imide groups is 1. The summed E-state index contributed by atoms with van der Waals surface area (Å²) < 4.78 is 0. The highest BCUT2D eigenvalue weighted by Gasteiger charge is 2.33. The Kier molecular flexibility index (Phi) is 2.32. The summed E-state index contributed by atoms with van der Waals surface area (Å²) in [7, 11) is 0. The molecular weight excluding hydrogens is 326 g/mol. The maximum atomic E-state index is 12.6. The maximum Gasteiger partial charge on any atom is 0.259 e. The van der Waals surface area contributed by atoms with E-state index < -0.39 is 0 Å². The Morgan fingerprint density at radius 1 is 0.731 bits per heavy atom. The Labute approximate surface area is 146 Å². The number of nitrogens with one attached hydrogen (secondary N) is 2. The molecule has 5 aromatic rings. The van der Waals surface area contributed by atoms with Gasteiger partial charge >= 0.3 is 0 Å². The molecule has 6 rings (SSSR count). The van der Waals surface area contributed by atoms with Crippen molar-refractivity contribution in [1.29, 1.82) is 0 Å². The summed E-state index contributed by atoms with van der Waals surface area (Å²) in [6.07, 6.45) is 1.69. The fourth-order valence-electron chi connectivity index (χ4n) is 4.14. The van der Waals surface area contributed by atoms with Gasteiger partial charge in [-0.1, -0.05) is 36.4 Å². The van der Waals surface area contributed by atoms with Gasteiger partial charge in [0.2, 0.25) is 0 Å². The van der Waals surface area contributed by atoms with Gasteiger partial charge < -0.3 is 4.98 Å². The first-order valence-corrected chi connectivity index (χ1v) is 8.33. The van der Waals surface area contributed by atoms with Gasteiger partial charge in [-0.25, -0.2) is 0 Å². The van der Waals surface area contributed by atoms with Crippen LogP contribution in [-0.4, -0.2) is 21.8 Å². The van der Waals surface area contributed by atoms with Crippen LogP contribution in [-0.2, 0) is 0 Å². The minimum absolute atomic E-state index is 0.352. The number of fused-ring (bicyclic) bond motifs is 10. The second kappa shape index (κ2) is 4.46. The van der Waals surface area contributed by atoms with Crippen LogP contribution in [0, 0.1) is 0 Å². The number of aromatic amines is 1. The highest BCUT2D eigenvalue weighted by Crippen LogP contribution is 2.41. The summed E-state index contributed by atoms with van der Waals surface area (Å²) in [5.74, 6) is -0.714. The van der Waals surface area contributed by atoms with E-state index in [1.807, 2.05) is 48.5 Å². The summed E-state index contributed by atoms with van der Waals surface area (Å²) in [5, 5.41) is 6.75. The molecule has 0 radical (unpaired) electrons. The lowest BCUT2D eigenvalue weighted by molar-refractivity contribution is 0.0880. The molecule has 0 saturated carbocycles. The number of aromatic nitrogens is 2. The second-order valence-electron chi connectivity index (χ2n) is 6.52. The van der Waals surface area contributed by atoms with E-state index in [0.717, 1.165) is 38.1 Å². The zero-order valence-electron chi connectivity index (χ0n) is 13.5. The Morgan fingerprint density at radius 3 is 2.35 bits per heavy atom. The first-order chi connectivity index (χ1) is 12.7. The van der Waals surface area contributed by atoms with Gasteiger partial charge in [0.05, 0.1) is 22.2 Å². The number of benzene rings is 3. The average Bonchev–Trinajstić information content (AvgIpc) is 3.18. The molecular formula is C21H11N3O2. The minimum atomic E-state index is -0.362. The van der Waals surface area contributed by atoms with Crippen LogP contribution in [0.5, 0.6) is 0 Å². The molecule has 2 N–H and O–H groups in total. The van der Waals surface area contributed by atoms with Gasteiger partial charge in [0.1, 0.15) is 0 Å². The highest BCUT2D eigenvalue weighted by molar-refractivity contribution is 6.38. The molecule has 0 atom stereocenters. The summed E-state index contributed by atoms with van der Waals surface area (Å²) in [6.45, 7) is 0. The van der Waals surface area contributed by atoms with Crippen molar-refractivity contribution in [1.82, 2.24) is 15.3 Å². The van der Waals surface area contributed by atoms with Crippen molar-refractivity contribution in [3.63, 3.8) is 0 Å². The number of nitrogens with zero attached hydrogens (tertiary/aromatic N) is 1. The first kappa shape index (κ1) is 13.5. The molecule has 0 fully saturated rings. The van der Waals surface area contributed by atoms with Crippen molar-refractivity contribution in [3.05, 3.63) is 65.9 Å². The van der Waals surface area contributed by atoms with Gasteiger partial charge in [-0.2, -0.15) is 0 Å². The molecule has 3 aromatic carbocycles. The van der Waals surface area contributed by atoms with E-state index in [0.29, 0.717) is 16.5 Å². The molecule has 122 valence electrons. The fraction of sp³-hybridized carbons (Fsp3) is 0. The molecule has 2 amide bonds. The lowest BCUT2D eigenvalue weighted by Gasteiger charge is -2.09. The Balaban J connectivity index is 2.04. The van der Waals surface area contributed by atoms with Crippen molar-refractivity contribution in [3.8, 4) is 0 Å². The molecule has 0 saturated heterocycles. The Hall–Kier alpha value is -3.73. The number of H-pyrrole nitrogens is 1. The normalized spacial score (nSPS) is 13.8. The smallest absolute Gasteiger partial charge is 0.259 e. The van der Waals surface area contributed by atoms with Crippen LogP contribution in [0.1, 0.15) is 20.7 Å². The number of pyridine rings is 1. The van der Waals surface area contributed by atoms with Crippen molar-refractivity contribution >= 4 is 55.3 Å². The van der Waals surface area contributed by atoms with Crippen LogP contribution in [0.3, 0.4) is 0 Å². The number of para-hydroxylation sites is 2. The van der Waals surface area contributed by atoms with Gasteiger partial charge in [-0.05, 0) is 12.1 Å². The van der Waals surface area contributed by atoms with Crippen LogP contribution in [0.2, 0.25) is 0 Å². The molecule has 1 aliphatic rings. The largest absolute Gasteiger partial charge is 0.354 e. The van der Waals surface area contributed by atoms with Gasteiger partial charge in [0.15, 0.2) is 0 Å². The zero-order chi connectivity index (χ0) is 17.4. The van der Waals surface area contributed by atoms with Crippen molar-refractivity contribution < 1.29 is 9.59 Å². The van der Waals surface area contributed by atoms with Crippen LogP contribution in [0.25, 0.3) is 43.5 Å². The second-order valence-corrected chi connectivity index (χ2v) is 6.52. The Bertz CT molecular complexity index is 1450. The van der Waals surface area contributed by atoms with Gasteiger partial charge in [0, 0.05) is 38.6 Å². The van der Waals surface area contributed by atoms with Crippen LogP contribution in [0.4, 0.5) is 0 Å². The van der Waals surface area contributed by atoms with Crippen molar-refractivity contribution in [2.45, 2.75) is 0 Å². The summed E-state index contributed by atoms with van der Waals surface area (Å²) in [4.78, 5) is 33.1. The molecule has 26 heavy (non-hydrogen) atoms. The number of amides is 2. The predicted molar refractivity (Wildman–Crippen MR) is 100 cm³/mol. The van der Waals surface area contributed by atoms with E-state index in [2.05, 4.69) is 15.3 Å². The third-order valence-corrected chi connectivity index (χ3v) is 5.18. The zero-order valence-corrected chi connectivity index (χ0v) is 13.5. The lowest BCUT2D eigenvalue weighted by Crippen LogP contribution is -2.20. The summed E-state index contributed by atoms with van der Waals surface area (Å²) in [6, 6.07) is 15.7. The van der Waals surface area contributed by atoms with Crippen molar-refractivity contribution in [2.75, 3.05) is 0 Å². The van der Waals surface area contributed by atoms with E-state index in [1.54, 1.807) is 6.20 Å². The van der Waals surface area contributed by atoms with E-state index in [9.17, 15) is 9.59 Å². The summed E-state index contributed by atoms with van der Waals surface area (Å²) in [5.41, 5.74) is 3.51. The number of hydrogen-bond acceptors (Lipinski definition) is 3. The van der Waals surface area contributed by atoms with E-state index in [1.165, 1.54) is 0 Å². The minimum Gasteiger partial charge on any atom is -0.354 e. The van der Waals surface area contributed by atoms with Crippen LogP contribution >= 0.6 is 0 Å². The van der Waals surface area contributed by atoms with Gasteiger partial charge in [-0.15, -0.1) is 0 Å². The molecule has 3 heterocycles. The molecule has 0 spiro atoms. The number of carbonyl (C=O) groups is 2. The first-order valence-electron chi connectivity index (χ1n) is 8.33. The molecule has 5 nitrogen and oxygen atoms in total. The van der Waals surface area contributed by atoms with Crippen molar-refractivity contribution in [2.24, 2.45) is 0 Å². The number of rotatable bonds is 0. The van der Waals surface area contributed by atoms with E-state index in [-0.39, 0.29) is 11.8 Å². The van der Waals surface area contributed by atoms with Gasteiger partial charge in [0.25, 0.3) is 11.8 Å². The predicted octanol–water partition coefficient (Wildman–Crippen LogP) is 3.91. The van der Waals surface area contributed by atoms with E-state index >= 15 is 0 Å². The van der Waals surface area contributed by atoms with Crippen LogP contribution in [0.15, 0.2) is 54.7 Å². The number of hydrogen-bond donors (Lipinski definition) is 2. The van der Waals surface area contributed by atoms with E-state index in [4.69, 9.17) is 0 Å². The molecule has 0 aliphatic carbocycles. The topological polar surface area (TPSA) is 74.8 Å². The summed E-state index contributed by atoms with van der Waals surface area (Å²) >= 11 is 0. The molecule has 0 unspecified atom stereocenters.